The highest BCUT2D eigenvalue weighted by Gasteiger charge is 2.52. The van der Waals surface area contributed by atoms with Crippen molar-refractivity contribution in [3.8, 4) is 6.07 Å². The molecule has 1 aromatic heterocycles. The summed E-state index contributed by atoms with van der Waals surface area (Å²) in [5.74, 6) is 0. The molecule has 0 N–H and O–H groups in total. The molecule has 5 heteroatoms. The van der Waals surface area contributed by atoms with Gasteiger partial charge in [0, 0.05) is 24.3 Å². The van der Waals surface area contributed by atoms with E-state index in [0.717, 1.165) is 11.0 Å². The maximum absolute atomic E-state index is 8.72. The topological polar surface area (TPSA) is 55.1 Å². The fraction of sp³-hybridized carbons (Fsp3) is 0.571. The Morgan fingerprint density at radius 1 is 1.26 bits per heavy atom. The second kappa shape index (κ2) is 4.95. The average molecular weight is 258 g/mol. The van der Waals surface area contributed by atoms with E-state index in [9.17, 15) is 0 Å². The number of nitriles is 1. The molecule has 0 radical (unpaired) electrons. The minimum absolute atomic E-state index is 0.361. The first-order valence-corrected chi connectivity index (χ1v) is 6.53. The van der Waals surface area contributed by atoms with E-state index in [1.54, 1.807) is 12.4 Å². The van der Waals surface area contributed by atoms with Crippen LogP contribution in [0.15, 0.2) is 18.5 Å². The third kappa shape index (κ3) is 2.65. The number of hydrogen-bond acceptors (Lipinski definition) is 4. The number of hydrogen-bond donors (Lipinski definition) is 0. The minimum Gasteiger partial charge on any atom is -0.399 e. The van der Waals surface area contributed by atoms with Gasteiger partial charge in [0.2, 0.25) is 0 Å². The monoisotopic (exact) mass is 258 g/mol. The van der Waals surface area contributed by atoms with Gasteiger partial charge in [-0.2, -0.15) is 5.26 Å². The predicted octanol–water partition coefficient (Wildman–Crippen LogP) is 1.84. The van der Waals surface area contributed by atoms with E-state index in [4.69, 9.17) is 14.6 Å². The van der Waals surface area contributed by atoms with Gasteiger partial charge in [-0.25, -0.2) is 0 Å². The van der Waals surface area contributed by atoms with Crippen molar-refractivity contribution in [1.29, 1.82) is 5.26 Å². The van der Waals surface area contributed by atoms with E-state index in [1.165, 1.54) is 0 Å². The summed E-state index contributed by atoms with van der Waals surface area (Å²) in [4.78, 5) is 4.15. The van der Waals surface area contributed by atoms with Gasteiger partial charge in [0.25, 0.3) is 0 Å². The Morgan fingerprint density at radius 2 is 1.89 bits per heavy atom. The van der Waals surface area contributed by atoms with Crippen LogP contribution in [-0.4, -0.2) is 23.3 Å². The zero-order chi connectivity index (χ0) is 14.1. The fourth-order valence-electron chi connectivity index (χ4n) is 2.04. The highest BCUT2D eigenvalue weighted by atomic mass is 16.7. The SMILES string of the molecule is CC1(C)OB(c2cnccc2CCC#N)OC1(C)C. The van der Waals surface area contributed by atoms with E-state index in [1.807, 2.05) is 33.8 Å². The summed E-state index contributed by atoms with van der Waals surface area (Å²) in [6.45, 7) is 8.10. The Morgan fingerprint density at radius 3 is 2.47 bits per heavy atom. The molecule has 0 amide bonds. The fourth-order valence-corrected chi connectivity index (χ4v) is 2.04. The van der Waals surface area contributed by atoms with Crippen molar-refractivity contribution in [2.45, 2.75) is 51.7 Å². The molecule has 1 saturated heterocycles. The molecule has 0 aliphatic carbocycles. The highest BCUT2D eigenvalue weighted by molar-refractivity contribution is 6.62. The second-order valence-electron chi connectivity index (χ2n) is 5.82. The molecule has 2 rings (SSSR count). The lowest BCUT2D eigenvalue weighted by atomic mass is 9.76. The van der Waals surface area contributed by atoms with Crippen LogP contribution in [-0.2, 0) is 15.7 Å². The molecule has 100 valence electrons. The lowest BCUT2D eigenvalue weighted by Crippen LogP contribution is -2.41. The van der Waals surface area contributed by atoms with Crippen LogP contribution in [0.5, 0.6) is 0 Å². The highest BCUT2D eigenvalue weighted by Crippen LogP contribution is 2.36. The quantitative estimate of drug-likeness (QED) is 0.776. The molecule has 4 nitrogen and oxygen atoms in total. The molecule has 0 unspecified atom stereocenters. The number of nitrogens with zero attached hydrogens (tertiary/aromatic N) is 2. The van der Waals surface area contributed by atoms with Crippen LogP contribution in [0.1, 0.15) is 39.7 Å². The minimum atomic E-state index is -0.410. The summed E-state index contributed by atoms with van der Waals surface area (Å²) < 4.78 is 12.1. The first-order valence-electron chi connectivity index (χ1n) is 6.53. The van der Waals surface area contributed by atoms with Crippen LogP contribution in [0.3, 0.4) is 0 Å². The first kappa shape index (κ1) is 14.0. The van der Waals surface area contributed by atoms with Crippen LogP contribution < -0.4 is 5.46 Å². The normalized spacial score (nSPS) is 20.3. The zero-order valence-electron chi connectivity index (χ0n) is 11.9. The Hall–Kier alpha value is -1.38. The molecule has 0 atom stereocenters. The lowest BCUT2D eigenvalue weighted by Gasteiger charge is -2.32. The van der Waals surface area contributed by atoms with Gasteiger partial charge in [-0.1, -0.05) is 0 Å². The van der Waals surface area contributed by atoms with Gasteiger partial charge in [0.1, 0.15) is 0 Å². The summed E-state index contributed by atoms with van der Waals surface area (Å²) >= 11 is 0. The summed E-state index contributed by atoms with van der Waals surface area (Å²) in [6, 6.07) is 4.09. The lowest BCUT2D eigenvalue weighted by molar-refractivity contribution is 0.00578. The van der Waals surface area contributed by atoms with Crippen LogP contribution >= 0.6 is 0 Å². The van der Waals surface area contributed by atoms with Gasteiger partial charge in [0.05, 0.1) is 17.3 Å². The summed E-state index contributed by atoms with van der Waals surface area (Å²) in [5.41, 5.74) is 1.27. The third-order valence-electron chi connectivity index (χ3n) is 3.96. The Labute approximate surface area is 114 Å². The van der Waals surface area contributed by atoms with Crippen LogP contribution in [0.25, 0.3) is 0 Å². The summed E-state index contributed by atoms with van der Waals surface area (Å²) in [6.07, 6.45) is 4.69. The molecule has 2 heterocycles. The molecule has 0 aromatic carbocycles. The molecule has 1 aliphatic rings. The van der Waals surface area contributed by atoms with Crippen molar-refractivity contribution in [2.75, 3.05) is 0 Å². The van der Waals surface area contributed by atoms with Crippen LogP contribution in [0, 0.1) is 11.3 Å². The van der Waals surface area contributed by atoms with Crippen molar-refractivity contribution in [3.63, 3.8) is 0 Å². The maximum Gasteiger partial charge on any atom is 0.496 e. The van der Waals surface area contributed by atoms with E-state index in [2.05, 4.69) is 11.1 Å². The van der Waals surface area contributed by atoms with Gasteiger partial charge < -0.3 is 9.31 Å². The molecule has 19 heavy (non-hydrogen) atoms. The number of rotatable bonds is 3. The predicted molar refractivity (Wildman–Crippen MR) is 73.9 cm³/mol. The van der Waals surface area contributed by atoms with Gasteiger partial charge in [0.15, 0.2) is 0 Å². The molecule has 0 spiro atoms. The van der Waals surface area contributed by atoms with Gasteiger partial charge in [-0.05, 0) is 45.7 Å². The Bertz CT molecular complexity index is 492. The standard InChI is InChI=1S/C14H19BN2O2/c1-13(2)14(3,4)19-15(18-13)12-10-17-9-7-11(12)6-5-8-16/h7,9-10H,5-6H2,1-4H3. The Kier molecular flexibility index (Phi) is 3.66. The smallest absolute Gasteiger partial charge is 0.399 e. The molecular formula is C14H19BN2O2. The van der Waals surface area contributed by atoms with Gasteiger partial charge in [-0.3, -0.25) is 4.98 Å². The van der Waals surface area contributed by atoms with Crippen LogP contribution in [0.4, 0.5) is 0 Å². The van der Waals surface area contributed by atoms with Crippen molar-refractivity contribution in [3.05, 3.63) is 24.0 Å². The largest absolute Gasteiger partial charge is 0.496 e. The molecule has 1 fully saturated rings. The number of aryl methyl sites for hydroxylation is 1. The maximum atomic E-state index is 8.72. The van der Waals surface area contributed by atoms with E-state index < -0.39 is 7.12 Å². The number of aromatic nitrogens is 1. The van der Waals surface area contributed by atoms with E-state index in [0.29, 0.717) is 12.8 Å². The Balaban J connectivity index is 2.27. The van der Waals surface area contributed by atoms with Crippen molar-refractivity contribution in [1.82, 2.24) is 4.98 Å². The molecule has 1 aromatic rings. The average Bonchev–Trinajstić information content (AvgIpc) is 2.56. The zero-order valence-corrected chi connectivity index (χ0v) is 11.9. The van der Waals surface area contributed by atoms with Gasteiger partial charge in [-0.15, -0.1) is 0 Å². The number of pyridine rings is 1. The molecular weight excluding hydrogens is 239 g/mol. The van der Waals surface area contributed by atoms with Crippen molar-refractivity contribution in [2.24, 2.45) is 0 Å². The summed E-state index contributed by atoms with van der Waals surface area (Å²) in [5, 5.41) is 8.72. The van der Waals surface area contributed by atoms with E-state index >= 15 is 0 Å². The third-order valence-corrected chi connectivity index (χ3v) is 3.96. The van der Waals surface area contributed by atoms with Crippen molar-refractivity contribution >= 4 is 12.6 Å². The molecule has 0 bridgehead atoms. The van der Waals surface area contributed by atoms with E-state index in [-0.39, 0.29) is 11.2 Å². The molecule has 0 saturated carbocycles. The van der Waals surface area contributed by atoms with Crippen LogP contribution in [0.2, 0.25) is 0 Å². The first-order chi connectivity index (χ1) is 8.87. The van der Waals surface area contributed by atoms with Crippen molar-refractivity contribution < 1.29 is 9.31 Å². The molecule has 1 aliphatic heterocycles. The summed E-state index contributed by atoms with van der Waals surface area (Å²) in [7, 11) is -0.410. The second-order valence-corrected chi connectivity index (χ2v) is 5.82. The van der Waals surface area contributed by atoms with Gasteiger partial charge >= 0.3 is 7.12 Å².